The number of likely N-dealkylation sites (tertiary alicyclic amines) is 2. The molecule has 1 aromatic heterocycles. The molecule has 1 amide bonds. The van der Waals surface area contributed by atoms with Crippen molar-refractivity contribution in [3.8, 4) is 11.3 Å². The maximum Gasteiger partial charge on any atom is 0.417 e. The van der Waals surface area contributed by atoms with Crippen molar-refractivity contribution in [3.05, 3.63) is 35.0 Å². The number of fused-ring (bicyclic) bond motifs is 1. The number of nitrogens with one attached hydrogen (secondary N) is 1. The first-order valence-corrected chi connectivity index (χ1v) is 20.6. The number of hydrogen-bond donors (Lipinski definition) is 2. The van der Waals surface area contributed by atoms with Gasteiger partial charge in [-0.05, 0) is 38.3 Å². The highest BCUT2D eigenvalue weighted by atomic mass is 32.2. The maximum absolute atomic E-state index is 14.0. The Morgan fingerprint density at radius 2 is 1.81 bits per heavy atom. The van der Waals surface area contributed by atoms with Crippen LogP contribution in [0.1, 0.15) is 49.4 Å². The van der Waals surface area contributed by atoms with Gasteiger partial charge in [0.1, 0.15) is 0 Å². The Morgan fingerprint density at radius 1 is 1.08 bits per heavy atom. The number of carbonyl (C=O) groups is 1. The summed E-state index contributed by atoms with van der Waals surface area (Å²) in [5.41, 5.74) is 1.12. The molecule has 2 saturated heterocycles. The summed E-state index contributed by atoms with van der Waals surface area (Å²) in [6.45, 7) is 4.38. The van der Waals surface area contributed by atoms with Crippen LogP contribution in [0.5, 0.6) is 0 Å². The average Bonchev–Trinajstić information content (AvgIpc) is 3.61. The highest BCUT2D eigenvalue weighted by molar-refractivity contribution is 7.99. The number of piperidine rings is 1. The van der Waals surface area contributed by atoms with Gasteiger partial charge in [0.15, 0.2) is 0 Å². The molecule has 0 saturated carbocycles. The van der Waals surface area contributed by atoms with Crippen molar-refractivity contribution in [3.63, 3.8) is 0 Å². The van der Waals surface area contributed by atoms with Crippen LogP contribution in [-0.4, -0.2) is 121 Å². The molecule has 0 spiro atoms. The molecule has 2 N–H and O–H groups in total. The SMILES string of the molecule is CCS(=O)(=O)NCCSc1cc(-c2nn(CC(O)CN3CCC(N4CCCC4=O)CC3)c3c2CN(S(C)(=O)=O)CC3)ccc1C(F)(F)F. The highest BCUT2D eigenvalue weighted by Gasteiger charge is 2.36. The number of thioether (sulfide) groups is 1. The van der Waals surface area contributed by atoms with E-state index < -0.39 is 37.9 Å². The zero-order chi connectivity index (χ0) is 34.9. The van der Waals surface area contributed by atoms with Crippen LogP contribution in [0.4, 0.5) is 13.2 Å². The smallest absolute Gasteiger partial charge is 0.390 e. The minimum absolute atomic E-state index is 0.00930. The molecule has 268 valence electrons. The lowest BCUT2D eigenvalue weighted by Gasteiger charge is -2.37. The Labute approximate surface area is 284 Å². The molecule has 0 radical (unpaired) electrons. The Hall–Kier alpha value is -2.22. The second-order valence-electron chi connectivity index (χ2n) is 12.5. The van der Waals surface area contributed by atoms with Crippen LogP contribution in [0.25, 0.3) is 11.3 Å². The lowest BCUT2D eigenvalue weighted by molar-refractivity contribution is -0.139. The summed E-state index contributed by atoms with van der Waals surface area (Å²) in [6.07, 6.45) is -0.882. The van der Waals surface area contributed by atoms with Gasteiger partial charge in [-0.2, -0.15) is 22.6 Å². The number of benzene rings is 1. The molecule has 3 aliphatic rings. The van der Waals surface area contributed by atoms with Gasteiger partial charge in [0, 0.05) is 92.2 Å². The first-order valence-electron chi connectivity index (χ1n) is 16.1. The molecule has 0 aliphatic carbocycles. The monoisotopic (exact) mass is 736 g/mol. The molecule has 48 heavy (non-hydrogen) atoms. The van der Waals surface area contributed by atoms with Crippen molar-refractivity contribution in [2.75, 3.05) is 57.0 Å². The third-order valence-corrected chi connectivity index (χ3v) is 12.9. The van der Waals surface area contributed by atoms with Gasteiger partial charge in [0.05, 0.1) is 35.9 Å². The molecule has 1 aromatic carbocycles. The van der Waals surface area contributed by atoms with E-state index in [2.05, 4.69) is 9.62 Å². The van der Waals surface area contributed by atoms with E-state index in [0.717, 1.165) is 68.7 Å². The van der Waals surface area contributed by atoms with E-state index in [1.165, 1.54) is 23.4 Å². The summed E-state index contributed by atoms with van der Waals surface area (Å²) in [5.74, 6) is 0.117. The average molecular weight is 737 g/mol. The molecule has 18 heteroatoms. The molecule has 4 heterocycles. The lowest BCUT2D eigenvalue weighted by atomic mass is 10.0. The van der Waals surface area contributed by atoms with Crippen molar-refractivity contribution in [1.29, 1.82) is 0 Å². The van der Waals surface area contributed by atoms with Gasteiger partial charge in [-0.1, -0.05) is 6.07 Å². The van der Waals surface area contributed by atoms with Gasteiger partial charge in [-0.3, -0.25) is 9.48 Å². The van der Waals surface area contributed by atoms with Gasteiger partial charge in [0.25, 0.3) is 0 Å². The van der Waals surface area contributed by atoms with Crippen LogP contribution < -0.4 is 4.72 Å². The number of aliphatic hydroxyl groups is 1. The molecular weight excluding hydrogens is 694 g/mol. The lowest BCUT2D eigenvalue weighted by Crippen LogP contribution is -2.47. The molecule has 1 atom stereocenters. The minimum atomic E-state index is -4.65. The number of nitrogens with zero attached hydrogens (tertiary/aromatic N) is 5. The zero-order valence-electron chi connectivity index (χ0n) is 27.1. The predicted octanol–water partition coefficient (Wildman–Crippen LogP) is 2.37. The quantitative estimate of drug-likeness (QED) is 0.234. The van der Waals surface area contributed by atoms with Gasteiger partial charge in [0.2, 0.25) is 26.0 Å². The van der Waals surface area contributed by atoms with Gasteiger partial charge < -0.3 is 14.9 Å². The van der Waals surface area contributed by atoms with E-state index >= 15 is 0 Å². The number of aliphatic hydroxyl groups excluding tert-OH is 1. The molecule has 0 bridgehead atoms. The van der Waals surface area contributed by atoms with Crippen LogP contribution in [0.3, 0.4) is 0 Å². The molecule has 3 aliphatic heterocycles. The number of sulfonamides is 2. The van der Waals surface area contributed by atoms with Crippen LogP contribution >= 0.6 is 11.8 Å². The van der Waals surface area contributed by atoms with E-state index in [-0.39, 0.29) is 54.5 Å². The summed E-state index contributed by atoms with van der Waals surface area (Å²) >= 11 is 0.866. The Kier molecular flexibility index (Phi) is 11.5. The van der Waals surface area contributed by atoms with Crippen molar-refractivity contribution in [2.45, 2.75) is 75.3 Å². The fourth-order valence-electron chi connectivity index (χ4n) is 6.64. The van der Waals surface area contributed by atoms with Crippen molar-refractivity contribution >= 4 is 37.7 Å². The van der Waals surface area contributed by atoms with Crippen molar-refractivity contribution < 1.29 is 39.9 Å². The fourth-order valence-corrected chi connectivity index (χ4v) is 9.15. The fraction of sp³-hybridized carbons (Fsp3) is 0.667. The Balaban J connectivity index is 1.36. The number of rotatable bonds is 13. The standard InChI is InChI=1S/C30H43F3N6O6S3/c1-3-48(44,45)34-11-16-46-27-17-21(6-7-25(27)30(31,32)33)29-24-20-37(47(2,42)43)15-10-26(24)39(35-29)19-23(40)18-36-13-8-22(9-14-36)38-12-4-5-28(38)41/h6-7,17,22-23,34,40H,3-5,8-16,18-20H2,1-2H3. The van der Waals surface area contributed by atoms with Crippen LogP contribution in [0.2, 0.25) is 0 Å². The van der Waals surface area contributed by atoms with E-state index in [1.54, 1.807) is 4.68 Å². The molecule has 5 rings (SSSR count). The first kappa shape index (κ1) is 37.0. The zero-order valence-corrected chi connectivity index (χ0v) is 29.5. The predicted molar refractivity (Wildman–Crippen MR) is 176 cm³/mol. The van der Waals surface area contributed by atoms with E-state index in [4.69, 9.17) is 5.10 Å². The second-order valence-corrected chi connectivity index (χ2v) is 17.7. The van der Waals surface area contributed by atoms with Gasteiger partial charge >= 0.3 is 6.18 Å². The normalized spacial score (nSPS) is 19.6. The summed E-state index contributed by atoms with van der Waals surface area (Å²) in [7, 11) is -7.08. The summed E-state index contributed by atoms with van der Waals surface area (Å²) in [6, 6.07) is 3.86. The number of alkyl halides is 3. The van der Waals surface area contributed by atoms with E-state index in [9.17, 15) is 39.9 Å². The molecule has 2 fully saturated rings. The third kappa shape index (κ3) is 8.92. The number of amides is 1. The highest BCUT2D eigenvalue weighted by Crippen LogP contribution is 2.40. The van der Waals surface area contributed by atoms with E-state index in [0.29, 0.717) is 36.2 Å². The number of hydrogen-bond acceptors (Lipinski definition) is 9. The number of aromatic nitrogens is 2. The molecular formula is C30H43F3N6O6S3. The maximum atomic E-state index is 14.0. The topological polar surface area (TPSA) is 145 Å². The number of carbonyl (C=O) groups excluding carboxylic acids is 1. The summed E-state index contributed by atoms with van der Waals surface area (Å²) in [5, 5.41) is 15.9. The molecule has 2 aromatic rings. The largest absolute Gasteiger partial charge is 0.417 e. The van der Waals surface area contributed by atoms with Crippen LogP contribution in [0.15, 0.2) is 23.1 Å². The summed E-state index contributed by atoms with van der Waals surface area (Å²) < 4.78 is 95.8. The number of halogens is 3. The Morgan fingerprint density at radius 3 is 2.44 bits per heavy atom. The van der Waals surface area contributed by atoms with Gasteiger partial charge in [-0.25, -0.2) is 21.6 Å². The molecule has 1 unspecified atom stereocenters. The van der Waals surface area contributed by atoms with E-state index in [1.807, 2.05) is 4.90 Å². The second kappa shape index (κ2) is 14.9. The summed E-state index contributed by atoms with van der Waals surface area (Å²) in [4.78, 5) is 16.2. The van der Waals surface area contributed by atoms with Crippen molar-refractivity contribution in [2.24, 2.45) is 0 Å². The van der Waals surface area contributed by atoms with Crippen LogP contribution in [-0.2, 0) is 50.5 Å². The van der Waals surface area contributed by atoms with Crippen LogP contribution in [0, 0.1) is 0 Å². The van der Waals surface area contributed by atoms with Gasteiger partial charge in [-0.15, -0.1) is 11.8 Å². The first-order chi connectivity index (χ1) is 22.6. The van der Waals surface area contributed by atoms with Crippen molar-refractivity contribution in [1.82, 2.24) is 28.6 Å². The minimum Gasteiger partial charge on any atom is -0.390 e. The molecule has 12 nitrogen and oxygen atoms in total. The Bertz CT molecular complexity index is 1690. The number of β-amino-alcohol motifs (C(OH)–C–C–N with tert-alkyl or cyclic N) is 1. The third-order valence-electron chi connectivity index (χ3n) is 9.15.